The van der Waals surface area contributed by atoms with Gasteiger partial charge in [0, 0.05) is 29.6 Å². The van der Waals surface area contributed by atoms with Crippen molar-refractivity contribution in [2.75, 3.05) is 18.0 Å². The predicted molar refractivity (Wildman–Crippen MR) is 97.3 cm³/mol. The van der Waals surface area contributed by atoms with Gasteiger partial charge < -0.3 is 10.2 Å². The van der Waals surface area contributed by atoms with E-state index in [-0.39, 0.29) is 11.6 Å². The zero-order chi connectivity index (χ0) is 18.0. The number of anilines is 1. The molecule has 1 N–H and O–H groups in total. The number of nitrogens with zero attached hydrogens (tertiary/aromatic N) is 3. The Hall–Kier alpha value is -2.48. The number of carbonyl (C=O) groups excluding carboxylic acids is 1. The van der Waals surface area contributed by atoms with Crippen LogP contribution in [0.3, 0.4) is 0 Å². The highest BCUT2D eigenvalue weighted by Gasteiger charge is 2.23. The fourth-order valence-electron chi connectivity index (χ4n) is 3.04. The van der Waals surface area contributed by atoms with Crippen molar-refractivity contribution < 1.29 is 9.72 Å². The van der Waals surface area contributed by atoms with Crippen molar-refractivity contribution in [2.24, 2.45) is 0 Å². The lowest BCUT2D eigenvalue weighted by Gasteiger charge is -2.17. The molecule has 3 rings (SSSR count). The first-order valence-corrected chi connectivity index (χ1v) is 9.02. The lowest BCUT2D eigenvalue weighted by atomic mass is 10.1. The molecule has 1 aromatic heterocycles. The van der Waals surface area contributed by atoms with E-state index in [1.807, 2.05) is 18.7 Å². The van der Waals surface area contributed by atoms with Gasteiger partial charge in [0.2, 0.25) is 0 Å². The molecule has 132 valence electrons. The normalized spacial score (nSPS) is 13.9. The molecule has 1 aromatic carbocycles. The third kappa shape index (κ3) is 3.79. The number of amides is 1. The molecule has 0 saturated carbocycles. The van der Waals surface area contributed by atoms with Crippen molar-refractivity contribution in [3.05, 3.63) is 49.5 Å². The highest BCUT2D eigenvalue weighted by molar-refractivity contribution is 7.11. The Bertz CT molecular complexity index is 812. The summed E-state index contributed by atoms with van der Waals surface area (Å²) >= 11 is 1.58. The van der Waals surface area contributed by atoms with Gasteiger partial charge in [-0.15, -0.1) is 11.3 Å². The minimum absolute atomic E-state index is 0.0183. The topological polar surface area (TPSA) is 88.4 Å². The van der Waals surface area contributed by atoms with Gasteiger partial charge in [-0.1, -0.05) is 0 Å². The quantitative estimate of drug-likeness (QED) is 0.653. The van der Waals surface area contributed by atoms with Gasteiger partial charge >= 0.3 is 0 Å². The van der Waals surface area contributed by atoms with Crippen LogP contribution in [0.1, 0.15) is 38.8 Å². The van der Waals surface area contributed by atoms with E-state index in [9.17, 15) is 14.9 Å². The summed E-state index contributed by atoms with van der Waals surface area (Å²) in [6.45, 7) is 5.83. The molecule has 1 saturated heterocycles. The first-order chi connectivity index (χ1) is 12.0. The number of nitro groups is 1. The van der Waals surface area contributed by atoms with E-state index in [4.69, 9.17) is 0 Å². The SMILES string of the molecule is Cc1nc(CNC(=O)c2ccc(N3CCCC3)c([N+](=O)[O-])c2)c(C)s1. The Morgan fingerprint density at radius 2 is 2.08 bits per heavy atom. The molecule has 0 bridgehead atoms. The van der Waals surface area contributed by atoms with Crippen LogP contribution in [0.4, 0.5) is 11.4 Å². The average Bonchev–Trinajstić information content (AvgIpc) is 3.21. The second kappa shape index (κ2) is 7.18. The molecule has 25 heavy (non-hydrogen) atoms. The molecular weight excluding hydrogens is 340 g/mol. The van der Waals surface area contributed by atoms with Crippen LogP contribution in [0.5, 0.6) is 0 Å². The third-order valence-corrected chi connectivity index (χ3v) is 5.23. The summed E-state index contributed by atoms with van der Waals surface area (Å²) in [6.07, 6.45) is 2.07. The van der Waals surface area contributed by atoms with Crippen LogP contribution in [0.2, 0.25) is 0 Å². The number of thiazole rings is 1. The van der Waals surface area contributed by atoms with Crippen LogP contribution in [0.25, 0.3) is 0 Å². The maximum atomic E-state index is 12.4. The van der Waals surface area contributed by atoms with Gasteiger partial charge in [-0.3, -0.25) is 14.9 Å². The fourth-order valence-corrected chi connectivity index (χ4v) is 3.87. The summed E-state index contributed by atoms with van der Waals surface area (Å²) in [6, 6.07) is 4.69. The first-order valence-electron chi connectivity index (χ1n) is 8.20. The van der Waals surface area contributed by atoms with Crippen LogP contribution in [-0.4, -0.2) is 28.9 Å². The molecule has 0 unspecified atom stereocenters. The monoisotopic (exact) mass is 360 g/mol. The van der Waals surface area contributed by atoms with Crippen molar-refractivity contribution in [1.82, 2.24) is 10.3 Å². The van der Waals surface area contributed by atoms with Gasteiger partial charge in [-0.05, 0) is 38.8 Å². The lowest BCUT2D eigenvalue weighted by Crippen LogP contribution is -2.24. The number of hydrogen-bond acceptors (Lipinski definition) is 6. The summed E-state index contributed by atoms with van der Waals surface area (Å²) in [7, 11) is 0. The smallest absolute Gasteiger partial charge is 0.293 e. The fraction of sp³-hybridized carbons (Fsp3) is 0.412. The maximum Gasteiger partial charge on any atom is 0.293 e. The summed E-state index contributed by atoms with van der Waals surface area (Å²) < 4.78 is 0. The van der Waals surface area contributed by atoms with E-state index in [1.165, 1.54) is 6.07 Å². The molecule has 1 aliphatic heterocycles. The van der Waals surface area contributed by atoms with E-state index in [0.717, 1.165) is 41.5 Å². The van der Waals surface area contributed by atoms with E-state index in [1.54, 1.807) is 23.5 Å². The molecular formula is C17H20N4O3S. The third-order valence-electron chi connectivity index (χ3n) is 4.30. The zero-order valence-electron chi connectivity index (χ0n) is 14.2. The molecule has 0 atom stereocenters. The molecule has 1 amide bonds. The van der Waals surface area contributed by atoms with Crippen molar-refractivity contribution in [3.8, 4) is 0 Å². The Kier molecular flexibility index (Phi) is 4.98. The Labute approximate surface area is 149 Å². The Morgan fingerprint density at radius 1 is 1.36 bits per heavy atom. The van der Waals surface area contributed by atoms with E-state index < -0.39 is 4.92 Å². The van der Waals surface area contributed by atoms with Crippen LogP contribution < -0.4 is 10.2 Å². The van der Waals surface area contributed by atoms with Gasteiger partial charge in [-0.2, -0.15) is 0 Å². The summed E-state index contributed by atoms with van der Waals surface area (Å²) in [5.41, 5.74) is 1.69. The molecule has 8 heteroatoms. The maximum absolute atomic E-state index is 12.4. The number of hydrogen-bond donors (Lipinski definition) is 1. The van der Waals surface area contributed by atoms with Crippen molar-refractivity contribution >= 4 is 28.6 Å². The largest absolute Gasteiger partial charge is 0.366 e. The second-order valence-electron chi connectivity index (χ2n) is 6.07. The van der Waals surface area contributed by atoms with Gasteiger partial charge in [0.15, 0.2) is 0 Å². The summed E-state index contributed by atoms with van der Waals surface area (Å²) in [5, 5.41) is 15.2. The summed E-state index contributed by atoms with van der Waals surface area (Å²) in [5.74, 6) is -0.332. The standard InChI is InChI=1S/C17H20N4O3S/c1-11-14(19-12(2)25-11)10-18-17(22)13-5-6-15(16(9-13)21(23)24)20-7-3-4-8-20/h5-6,9H,3-4,7-8,10H2,1-2H3,(H,18,22). The molecule has 1 aliphatic rings. The Balaban J connectivity index is 1.77. The van der Waals surface area contributed by atoms with Crippen molar-refractivity contribution in [1.29, 1.82) is 0 Å². The predicted octanol–water partition coefficient (Wildman–Crippen LogP) is 3.20. The highest BCUT2D eigenvalue weighted by atomic mass is 32.1. The number of benzene rings is 1. The van der Waals surface area contributed by atoms with Gasteiger partial charge in [0.05, 0.1) is 22.2 Å². The zero-order valence-corrected chi connectivity index (χ0v) is 15.1. The number of aryl methyl sites for hydroxylation is 2. The highest BCUT2D eigenvalue weighted by Crippen LogP contribution is 2.31. The van der Waals surface area contributed by atoms with Gasteiger partial charge in [0.25, 0.3) is 11.6 Å². The van der Waals surface area contributed by atoms with Crippen molar-refractivity contribution in [3.63, 3.8) is 0 Å². The molecule has 0 aliphatic carbocycles. The Morgan fingerprint density at radius 3 is 2.68 bits per heavy atom. The van der Waals surface area contributed by atoms with Crippen LogP contribution in [0, 0.1) is 24.0 Å². The minimum atomic E-state index is -0.418. The van der Waals surface area contributed by atoms with Gasteiger partial charge in [0.1, 0.15) is 5.69 Å². The van der Waals surface area contributed by atoms with Crippen molar-refractivity contribution in [2.45, 2.75) is 33.2 Å². The van der Waals surface area contributed by atoms with Crippen LogP contribution in [0.15, 0.2) is 18.2 Å². The van der Waals surface area contributed by atoms with E-state index in [2.05, 4.69) is 10.3 Å². The molecule has 0 spiro atoms. The number of rotatable bonds is 5. The molecule has 0 radical (unpaired) electrons. The number of carbonyl (C=O) groups is 1. The summed E-state index contributed by atoms with van der Waals surface area (Å²) in [4.78, 5) is 30.8. The number of nitrogens with one attached hydrogen (secondary N) is 1. The lowest BCUT2D eigenvalue weighted by molar-refractivity contribution is -0.384. The molecule has 1 fully saturated rings. The number of aromatic nitrogens is 1. The van der Waals surface area contributed by atoms with Gasteiger partial charge in [-0.25, -0.2) is 4.98 Å². The van der Waals surface area contributed by atoms with Crippen LogP contribution >= 0.6 is 11.3 Å². The van der Waals surface area contributed by atoms with Crippen LogP contribution in [-0.2, 0) is 6.54 Å². The second-order valence-corrected chi connectivity index (χ2v) is 7.48. The first kappa shape index (κ1) is 17.3. The molecule has 2 heterocycles. The minimum Gasteiger partial charge on any atom is -0.366 e. The average molecular weight is 360 g/mol. The van der Waals surface area contributed by atoms with E-state index >= 15 is 0 Å². The molecule has 7 nitrogen and oxygen atoms in total. The van der Waals surface area contributed by atoms with E-state index in [0.29, 0.717) is 17.8 Å². The molecule has 2 aromatic rings. The number of nitro benzene ring substituents is 1.